The molecule has 0 saturated heterocycles. The molecule has 3 unspecified atom stereocenters. The molecular weight excluding hydrogens is 256 g/mol. The molecule has 0 radical (unpaired) electrons. The molecule has 0 bridgehead atoms. The van der Waals surface area contributed by atoms with E-state index >= 15 is 0 Å². The summed E-state index contributed by atoms with van der Waals surface area (Å²) in [7, 11) is 2.10. The van der Waals surface area contributed by atoms with Gasteiger partial charge in [0.1, 0.15) is 0 Å². The Labute approximate surface area is 128 Å². The molecule has 2 nitrogen and oxygen atoms in total. The zero-order valence-corrected chi connectivity index (χ0v) is 13.4. The molecular formula is C19H26N2. The molecule has 2 heteroatoms. The predicted molar refractivity (Wildman–Crippen MR) is 89.4 cm³/mol. The largest absolute Gasteiger partial charge is 0.313 e. The van der Waals surface area contributed by atoms with Gasteiger partial charge in [-0.2, -0.15) is 0 Å². The molecule has 2 aromatic rings. The van der Waals surface area contributed by atoms with Gasteiger partial charge in [-0.3, -0.25) is 4.98 Å². The minimum Gasteiger partial charge on any atom is -0.313 e. The number of nitrogens with zero attached hydrogens (tertiary/aromatic N) is 1. The summed E-state index contributed by atoms with van der Waals surface area (Å²) in [5, 5.41) is 4.82. The Bertz CT molecular complexity index is 620. The Kier molecular flexibility index (Phi) is 4.25. The topological polar surface area (TPSA) is 24.9 Å². The summed E-state index contributed by atoms with van der Waals surface area (Å²) >= 11 is 0. The monoisotopic (exact) mass is 282 g/mol. The highest BCUT2D eigenvalue weighted by molar-refractivity contribution is 5.79. The minimum absolute atomic E-state index is 0.471. The van der Waals surface area contributed by atoms with Crippen molar-refractivity contribution >= 4 is 10.9 Å². The van der Waals surface area contributed by atoms with Crippen molar-refractivity contribution < 1.29 is 0 Å². The molecule has 1 heterocycles. The summed E-state index contributed by atoms with van der Waals surface area (Å²) in [5.74, 6) is 1.62. The fraction of sp³-hybridized carbons (Fsp3) is 0.526. The fourth-order valence-electron chi connectivity index (χ4n) is 3.90. The lowest BCUT2D eigenvalue weighted by Crippen LogP contribution is -2.28. The van der Waals surface area contributed by atoms with Gasteiger partial charge in [0.25, 0.3) is 0 Å². The van der Waals surface area contributed by atoms with Crippen LogP contribution in [-0.4, -0.2) is 12.0 Å². The number of hydrogen-bond acceptors (Lipinski definition) is 2. The molecule has 21 heavy (non-hydrogen) atoms. The number of aryl methyl sites for hydroxylation is 1. The molecule has 1 saturated carbocycles. The third-order valence-electron chi connectivity index (χ3n) is 4.97. The van der Waals surface area contributed by atoms with Crippen molar-refractivity contribution in [1.82, 2.24) is 10.3 Å². The van der Waals surface area contributed by atoms with Crippen LogP contribution in [0.15, 0.2) is 30.3 Å². The molecule has 0 spiro atoms. The van der Waals surface area contributed by atoms with Gasteiger partial charge in [0.2, 0.25) is 0 Å². The summed E-state index contributed by atoms with van der Waals surface area (Å²) < 4.78 is 0. The van der Waals surface area contributed by atoms with Gasteiger partial charge in [-0.05, 0) is 62.4 Å². The number of rotatable bonds is 3. The van der Waals surface area contributed by atoms with E-state index in [9.17, 15) is 0 Å². The van der Waals surface area contributed by atoms with Crippen molar-refractivity contribution in [2.24, 2.45) is 11.8 Å². The highest BCUT2D eigenvalue weighted by Gasteiger charge is 2.26. The van der Waals surface area contributed by atoms with E-state index in [1.165, 1.54) is 36.6 Å². The molecule has 1 aliphatic rings. The van der Waals surface area contributed by atoms with Crippen LogP contribution < -0.4 is 5.32 Å². The minimum atomic E-state index is 0.471. The second-order valence-corrected chi connectivity index (χ2v) is 6.70. The molecule has 1 fully saturated rings. The third kappa shape index (κ3) is 3.11. The molecule has 1 aromatic carbocycles. The van der Waals surface area contributed by atoms with Crippen molar-refractivity contribution in [3.63, 3.8) is 0 Å². The quantitative estimate of drug-likeness (QED) is 0.887. The lowest BCUT2D eigenvalue weighted by molar-refractivity contribution is 0.230. The first-order valence-corrected chi connectivity index (χ1v) is 8.22. The second kappa shape index (κ2) is 6.15. The Hall–Kier alpha value is -1.41. The van der Waals surface area contributed by atoms with Crippen LogP contribution in [0, 0.1) is 18.8 Å². The zero-order chi connectivity index (χ0) is 14.8. The molecule has 0 aliphatic heterocycles. The smallest absolute Gasteiger partial charge is 0.0705 e. The van der Waals surface area contributed by atoms with Gasteiger partial charge in [0.15, 0.2) is 0 Å². The first-order chi connectivity index (χ1) is 10.2. The van der Waals surface area contributed by atoms with Crippen LogP contribution in [0.1, 0.15) is 49.9 Å². The Morgan fingerprint density at radius 3 is 2.81 bits per heavy atom. The summed E-state index contributed by atoms with van der Waals surface area (Å²) in [4.78, 5) is 4.61. The van der Waals surface area contributed by atoms with E-state index in [-0.39, 0.29) is 0 Å². The first-order valence-electron chi connectivity index (χ1n) is 8.22. The van der Waals surface area contributed by atoms with Gasteiger partial charge in [0.05, 0.1) is 5.52 Å². The summed E-state index contributed by atoms with van der Waals surface area (Å²) in [6, 6.07) is 11.5. The highest BCUT2D eigenvalue weighted by Crippen LogP contribution is 2.37. The maximum atomic E-state index is 4.61. The number of benzene rings is 1. The summed E-state index contributed by atoms with van der Waals surface area (Å²) in [5.41, 5.74) is 3.60. The van der Waals surface area contributed by atoms with Crippen LogP contribution >= 0.6 is 0 Å². The van der Waals surface area contributed by atoms with Crippen molar-refractivity contribution in [2.75, 3.05) is 7.05 Å². The summed E-state index contributed by atoms with van der Waals surface area (Å²) in [6.45, 7) is 4.44. The lowest BCUT2D eigenvalue weighted by Gasteiger charge is -2.33. The van der Waals surface area contributed by atoms with Gasteiger partial charge in [0, 0.05) is 17.1 Å². The van der Waals surface area contributed by atoms with Crippen molar-refractivity contribution in [1.29, 1.82) is 0 Å². The number of nitrogens with one attached hydrogen (secondary N) is 1. The Morgan fingerprint density at radius 2 is 2.05 bits per heavy atom. The number of hydrogen-bond donors (Lipinski definition) is 1. The highest BCUT2D eigenvalue weighted by atomic mass is 14.9. The SMILES string of the molecule is CNC(c1ccc2nc(C)ccc2c1)C1CCCC(C)C1. The van der Waals surface area contributed by atoms with Gasteiger partial charge >= 0.3 is 0 Å². The van der Waals surface area contributed by atoms with Crippen LogP contribution in [0.25, 0.3) is 10.9 Å². The molecule has 112 valence electrons. The standard InChI is InChI=1S/C19H26N2/c1-13-5-4-6-16(11-13)19(20-3)17-9-10-18-15(12-17)8-7-14(2)21-18/h7-10,12-13,16,19-20H,4-6,11H2,1-3H3. The van der Waals surface area contributed by atoms with Gasteiger partial charge in [-0.25, -0.2) is 0 Å². The number of fused-ring (bicyclic) bond motifs is 1. The first kappa shape index (κ1) is 14.5. The predicted octanol–water partition coefficient (Wildman–Crippen LogP) is 4.63. The van der Waals surface area contributed by atoms with E-state index in [1.54, 1.807) is 0 Å². The van der Waals surface area contributed by atoms with Crippen LogP contribution in [-0.2, 0) is 0 Å². The van der Waals surface area contributed by atoms with Crippen molar-refractivity contribution in [3.8, 4) is 0 Å². The molecule has 1 aromatic heterocycles. The molecule has 0 amide bonds. The van der Waals surface area contributed by atoms with Crippen LogP contribution in [0.5, 0.6) is 0 Å². The maximum Gasteiger partial charge on any atom is 0.0705 e. The summed E-state index contributed by atoms with van der Waals surface area (Å²) in [6.07, 6.45) is 5.46. The lowest BCUT2D eigenvalue weighted by atomic mass is 9.76. The van der Waals surface area contributed by atoms with Crippen LogP contribution in [0.4, 0.5) is 0 Å². The molecule has 3 rings (SSSR count). The van der Waals surface area contributed by atoms with Crippen LogP contribution in [0.3, 0.4) is 0 Å². The molecule has 3 atom stereocenters. The van der Waals surface area contributed by atoms with Crippen molar-refractivity contribution in [2.45, 2.75) is 45.6 Å². The fourth-order valence-corrected chi connectivity index (χ4v) is 3.90. The van der Waals surface area contributed by atoms with Gasteiger partial charge in [-0.15, -0.1) is 0 Å². The van der Waals surface area contributed by atoms with E-state index in [1.807, 2.05) is 6.92 Å². The normalized spacial score (nSPS) is 24.1. The van der Waals surface area contributed by atoms with E-state index in [0.717, 1.165) is 23.0 Å². The van der Waals surface area contributed by atoms with E-state index in [4.69, 9.17) is 0 Å². The van der Waals surface area contributed by atoms with Crippen LogP contribution in [0.2, 0.25) is 0 Å². The van der Waals surface area contributed by atoms with Crippen molar-refractivity contribution in [3.05, 3.63) is 41.6 Å². The number of aromatic nitrogens is 1. The molecule has 1 aliphatic carbocycles. The van der Waals surface area contributed by atoms with Gasteiger partial charge < -0.3 is 5.32 Å². The van der Waals surface area contributed by atoms with E-state index < -0.39 is 0 Å². The maximum absolute atomic E-state index is 4.61. The third-order valence-corrected chi connectivity index (χ3v) is 4.97. The van der Waals surface area contributed by atoms with Gasteiger partial charge in [-0.1, -0.05) is 31.9 Å². The average molecular weight is 282 g/mol. The average Bonchev–Trinajstić information content (AvgIpc) is 2.48. The molecule has 1 N–H and O–H groups in total. The van der Waals surface area contributed by atoms with E-state index in [0.29, 0.717) is 6.04 Å². The Morgan fingerprint density at radius 1 is 1.19 bits per heavy atom. The Balaban J connectivity index is 1.91. The number of pyridine rings is 1. The zero-order valence-electron chi connectivity index (χ0n) is 13.4. The second-order valence-electron chi connectivity index (χ2n) is 6.70. The van der Waals surface area contributed by atoms with E-state index in [2.05, 4.69) is 54.6 Å².